The van der Waals surface area contributed by atoms with Gasteiger partial charge in [-0.25, -0.2) is 13.4 Å². The molecule has 2 aromatic heterocycles. The third kappa shape index (κ3) is 5.66. The molecule has 0 radical (unpaired) electrons. The van der Waals surface area contributed by atoms with Crippen LogP contribution >= 0.6 is 0 Å². The van der Waals surface area contributed by atoms with Crippen molar-refractivity contribution in [2.45, 2.75) is 43.2 Å². The van der Waals surface area contributed by atoms with Crippen LogP contribution in [0, 0.1) is 6.92 Å². The molecule has 4 rings (SSSR count). The average Bonchev–Trinajstić information content (AvgIpc) is 2.77. The van der Waals surface area contributed by atoms with Crippen LogP contribution in [0.4, 0.5) is 18.9 Å². The Bertz CT molecular complexity index is 1460. The fourth-order valence-electron chi connectivity index (χ4n) is 3.81. The molecule has 1 amide bonds. The number of aromatic nitrogens is 3. The Kier molecular flexibility index (Phi) is 7.09. The van der Waals surface area contributed by atoms with Gasteiger partial charge < -0.3 is 14.8 Å². The lowest BCUT2D eigenvalue weighted by atomic mass is 9.83. The Morgan fingerprint density at radius 2 is 1.84 bits per heavy atom. The number of hydrogen-bond donors (Lipinski definition) is 1. The summed E-state index contributed by atoms with van der Waals surface area (Å²) in [5.41, 5.74) is -1.56. The van der Waals surface area contributed by atoms with Crippen molar-refractivity contribution in [1.29, 1.82) is 0 Å². The first-order valence-electron chi connectivity index (χ1n) is 11.2. The quantitative estimate of drug-likeness (QED) is 0.452. The van der Waals surface area contributed by atoms with Gasteiger partial charge in [-0.1, -0.05) is 12.5 Å². The Hall–Kier alpha value is -3.74. The van der Waals surface area contributed by atoms with Crippen molar-refractivity contribution in [3.8, 4) is 17.5 Å². The lowest BCUT2D eigenvalue weighted by Gasteiger charge is -2.25. The standard InChI is InChI=1S/C24H23F3N4O5S/c1-13-19(21(32)28-15-8-5-9-16(12-15)37(3,33)34)23(31-30-20(13)24(25,26)27)36-18-11-10-17(14-6-4-7-14)29-22(18)35-2/h5,8-12,14H,4,6-7H2,1-3H3,(H,28,32). The van der Waals surface area contributed by atoms with Crippen LogP contribution in [0.2, 0.25) is 0 Å². The molecular weight excluding hydrogens is 513 g/mol. The van der Waals surface area contributed by atoms with Gasteiger partial charge in [-0.3, -0.25) is 4.79 Å². The zero-order chi connectivity index (χ0) is 27.0. The van der Waals surface area contributed by atoms with Crippen LogP contribution in [-0.2, 0) is 16.0 Å². The van der Waals surface area contributed by atoms with Crippen LogP contribution in [0.1, 0.15) is 52.5 Å². The highest BCUT2D eigenvalue weighted by Gasteiger charge is 2.38. The summed E-state index contributed by atoms with van der Waals surface area (Å²) >= 11 is 0. The Labute approximate surface area is 211 Å². The van der Waals surface area contributed by atoms with Gasteiger partial charge in [0.2, 0.25) is 0 Å². The molecule has 0 aliphatic heterocycles. The van der Waals surface area contributed by atoms with E-state index in [0.29, 0.717) is 5.92 Å². The van der Waals surface area contributed by atoms with Crippen LogP contribution in [0.15, 0.2) is 41.3 Å². The normalized spacial score (nSPS) is 14.1. The zero-order valence-corrected chi connectivity index (χ0v) is 20.9. The second-order valence-electron chi connectivity index (χ2n) is 8.58. The van der Waals surface area contributed by atoms with Gasteiger partial charge in [0, 0.05) is 23.6 Å². The monoisotopic (exact) mass is 536 g/mol. The van der Waals surface area contributed by atoms with Crippen molar-refractivity contribution < 1.29 is 35.9 Å². The number of alkyl halides is 3. The number of ether oxygens (including phenoxy) is 2. The van der Waals surface area contributed by atoms with Crippen molar-refractivity contribution in [1.82, 2.24) is 15.2 Å². The summed E-state index contributed by atoms with van der Waals surface area (Å²) in [6.07, 6.45) is -0.816. The van der Waals surface area contributed by atoms with Gasteiger partial charge in [-0.2, -0.15) is 13.2 Å². The van der Waals surface area contributed by atoms with E-state index in [-0.39, 0.29) is 22.2 Å². The number of anilines is 1. The lowest BCUT2D eigenvalue weighted by molar-refractivity contribution is -0.142. The van der Waals surface area contributed by atoms with E-state index >= 15 is 0 Å². The molecule has 1 N–H and O–H groups in total. The van der Waals surface area contributed by atoms with E-state index in [1.807, 2.05) is 0 Å². The number of hydrogen-bond acceptors (Lipinski definition) is 8. The summed E-state index contributed by atoms with van der Waals surface area (Å²) in [5, 5.41) is 9.21. The number of rotatable bonds is 7. The third-order valence-corrected chi connectivity index (χ3v) is 7.08. The molecule has 1 fully saturated rings. The third-order valence-electron chi connectivity index (χ3n) is 5.97. The molecule has 0 atom stereocenters. The van der Waals surface area contributed by atoms with E-state index in [9.17, 15) is 26.4 Å². The lowest BCUT2D eigenvalue weighted by Crippen LogP contribution is -2.21. The molecule has 1 saturated carbocycles. The largest absolute Gasteiger partial charge is 0.478 e. The van der Waals surface area contributed by atoms with E-state index in [0.717, 1.165) is 38.1 Å². The molecule has 13 heteroatoms. The van der Waals surface area contributed by atoms with E-state index < -0.39 is 44.6 Å². The number of benzene rings is 1. The van der Waals surface area contributed by atoms with Crippen molar-refractivity contribution in [2.75, 3.05) is 18.7 Å². The van der Waals surface area contributed by atoms with E-state index in [1.165, 1.54) is 31.4 Å². The molecule has 0 saturated heterocycles. The number of nitrogens with one attached hydrogen (secondary N) is 1. The molecule has 9 nitrogen and oxygen atoms in total. The summed E-state index contributed by atoms with van der Waals surface area (Å²) in [6, 6.07) is 8.58. The van der Waals surface area contributed by atoms with E-state index in [2.05, 4.69) is 20.5 Å². The molecule has 1 aliphatic carbocycles. The Balaban J connectivity index is 1.74. The van der Waals surface area contributed by atoms with E-state index in [1.54, 1.807) is 12.1 Å². The topological polar surface area (TPSA) is 120 Å². The molecule has 0 unspecified atom stereocenters. The highest BCUT2D eigenvalue weighted by molar-refractivity contribution is 7.90. The van der Waals surface area contributed by atoms with Gasteiger partial charge in [0.15, 0.2) is 21.3 Å². The molecule has 1 aromatic carbocycles. The van der Waals surface area contributed by atoms with Gasteiger partial charge in [0.25, 0.3) is 17.7 Å². The maximum Gasteiger partial charge on any atom is 0.435 e. The molecule has 1 aliphatic rings. The van der Waals surface area contributed by atoms with Crippen LogP contribution in [0.3, 0.4) is 0 Å². The molecule has 196 valence electrons. The fraction of sp³-hybridized carbons (Fsp3) is 0.333. The number of pyridine rings is 1. The SMILES string of the molecule is COc1nc(C2CCC2)ccc1Oc1nnc(C(F)(F)F)c(C)c1C(=O)Nc1cccc(S(C)(=O)=O)c1. The summed E-state index contributed by atoms with van der Waals surface area (Å²) in [7, 11) is -2.23. The number of amides is 1. The highest BCUT2D eigenvalue weighted by Crippen LogP contribution is 2.40. The molecule has 37 heavy (non-hydrogen) atoms. The number of sulfone groups is 1. The van der Waals surface area contributed by atoms with Gasteiger partial charge in [0.1, 0.15) is 5.56 Å². The minimum atomic E-state index is -4.88. The van der Waals surface area contributed by atoms with Crippen LogP contribution in [0.5, 0.6) is 17.5 Å². The predicted octanol–water partition coefficient (Wildman–Crippen LogP) is 4.92. The van der Waals surface area contributed by atoms with Crippen LogP contribution in [-0.4, -0.2) is 42.9 Å². The summed E-state index contributed by atoms with van der Waals surface area (Å²) < 4.78 is 75.5. The second-order valence-corrected chi connectivity index (χ2v) is 10.6. The van der Waals surface area contributed by atoms with Gasteiger partial charge in [-0.05, 0) is 55.7 Å². The highest BCUT2D eigenvalue weighted by atomic mass is 32.2. The minimum absolute atomic E-state index is 0.0344. The summed E-state index contributed by atoms with van der Waals surface area (Å²) in [4.78, 5) is 17.6. The van der Waals surface area contributed by atoms with E-state index in [4.69, 9.17) is 9.47 Å². The molecule has 0 bridgehead atoms. The maximum absolute atomic E-state index is 13.6. The van der Waals surface area contributed by atoms with Gasteiger partial charge in [0.05, 0.1) is 12.0 Å². The zero-order valence-electron chi connectivity index (χ0n) is 20.1. The van der Waals surface area contributed by atoms with Crippen LogP contribution in [0.25, 0.3) is 0 Å². The smallest absolute Gasteiger partial charge is 0.435 e. The number of nitrogens with zero attached hydrogens (tertiary/aromatic N) is 3. The van der Waals surface area contributed by atoms with Crippen LogP contribution < -0.4 is 14.8 Å². The van der Waals surface area contributed by atoms with Gasteiger partial charge >= 0.3 is 6.18 Å². The van der Waals surface area contributed by atoms with Gasteiger partial charge in [-0.15, -0.1) is 10.2 Å². The first-order valence-corrected chi connectivity index (χ1v) is 13.1. The summed E-state index contributed by atoms with van der Waals surface area (Å²) in [6.45, 7) is 1.07. The van der Waals surface area contributed by atoms with Crippen molar-refractivity contribution in [3.63, 3.8) is 0 Å². The molecule has 3 aromatic rings. The molecule has 2 heterocycles. The second kappa shape index (κ2) is 9.96. The predicted molar refractivity (Wildman–Crippen MR) is 127 cm³/mol. The minimum Gasteiger partial charge on any atom is -0.478 e. The first-order chi connectivity index (χ1) is 17.4. The first kappa shape index (κ1) is 26.3. The number of carbonyl (C=O) groups excluding carboxylic acids is 1. The Morgan fingerprint density at radius 3 is 2.43 bits per heavy atom. The molecule has 0 spiro atoms. The number of halogens is 3. The fourth-order valence-corrected chi connectivity index (χ4v) is 4.47. The van der Waals surface area contributed by atoms with Crippen molar-refractivity contribution in [2.24, 2.45) is 0 Å². The maximum atomic E-state index is 13.6. The van der Waals surface area contributed by atoms with Crippen molar-refractivity contribution >= 4 is 21.4 Å². The average molecular weight is 537 g/mol. The summed E-state index contributed by atoms with van der Waals surface area (Å²) in [5.74, 6) is -1.10. The number of carbonyl (C=O) groups is 1. The van der Waals surface area contributed by atoms with Crippen molar-refractivity contribution in [3.05, 3.63) is 58.9 Å². The molecular formula is C24H23F3N4O5S. The Morgan fingerprint density at radius 1 is 1.11 bits per heavy atom. The number of methoxy groups -OCH3 is 1.